The predicted octanol–water partition coefficient (Wildman–Crippen LogP) is 4.21. The highest BCUT2D eigenvalue weighted by molar-refractivity contribution is 6.38. The molecule has 3 amide bonds. The maximum absolute atomic E-state index is 12.7. The highest BCUT2D eigenvalue weighted by Gasteiger charge is 2.27. The lowest BCUT2D eigenvalue weighted by Crippen LogP contribution is -2.47. The SMILES string of the molecule is CCCC(NC(=O)OC(C)(C)C)C(=NNC(=O)NC(c1ccccc1)c1ccccc1)C(=O)O. The highest BCUT2D eigenvalue weighted by atomic mass is 16.6. The highest BCUT2D eigenvalue weighted by Crippen LogP contribution is 2.21. The summed E-state index contributed by atoms with van der Waals surface area (Å²) >= 11 is 0. The van der Waals surface area contributed by atoms with Gasteiger partial charge in [-0.05, 0) is 38.3 Å². The second-order valence-corrected chi connectivity index (χ2v) is 8.63. The lowest BCUT2D eigenvalue weighted by atomic mass is 9.99. The van der Waals surface area contributed by atoms with Crippen LogP contribution in [0.5, 0.6) is 0 Å². The van der Waals surface area contributed by atoms with Crippen molar-refractivity contribution in [2.45, 2.75) is 58.2 Å². The van der Waals surface area contributed by atoms with Crippen molar-refractivity contribution in [3.05, 3.63) is 71.8 Å². The first-order valence-electron chi connectivity index (χ1n) is 11.1. The Morgan fingerprint density at radius 3 is 1.91 bits per heavy atom. The van der Waals surface area contributed by atoms with Crippen LogP contribution in [0, 0.1) is 0 Å². The molecule has 34 heavy (non-hydrogen) atoms. The topological polar surface area (TPSA) is 129 Å². The molecule has 0 aliphatic heterocycles. The third-order valence-corrected chi connectivity index (χ3v) is 4.64. The number of nitrogens with one attached hydrogen (secondary N) is 3. The van der Waals surface area contributed by atoms with Crippen LogP contribution in [0.25, 0.3) is 0 Å². The molecule has 0 spiro atoms. The van der Waals surface area contributed by atoms with E-state index in [1.165, 1.54) is 0 Å². The van der Waals surface area contributed by atoms with Gasteiger partial charge >= 0.3 is 18.1 Å². The lowest BCUT2D eigenvalue weighted by molar-refractivity contribution is -0.129. The molecule has 9 nitrogen and oxygen atoms in total. The summed E-state index contributed by atoms with van der Waals surface area (Å²) in [5.74, 6) is -1.36. The summed E-state index contributed by atoms with van der Waals surface area (Å²) in [6.07, 6.45) is 0.102. The number of urea groups is 1. The average Bonchev–Trinajstić information content (AvgIpc) is 2.77. The Bertz CT molecular complexity index is 948. The van der Waals surface area contributed by atoms with E-state index in [0.29, 0.717) is 12.8 Å². The van der Waals surface area contributed by atoms with Crippen molar-refractivity contribution in [1.82, 2.24) is 16.1 Å². The minimum Gasteiger partial charge on any atom is -0.477 e. The van der Waals surface area contributed by atoms with E-state index in [9.17, 15) is 19.5 Å². The summed E-state index contributed by atoms with van der Waals surface area (Å²) < 4.78 is 5.22. The fraction of sp³-hybridized carbons (Fsp3) is 0.360. The van der Waals surface area contributed by atoms with E-state index >= 15 is 0 Å². The maximum Gasteiger partial charge on any atom is 0.408 e. The van der Waals surface area contributed by atoms with Crippen molar-refractivity contribution in [3.8, 4) is 0 Å². The Balaban J connectivity index is 2.19. The van der Waals surface area contributed by atoms with Crippen molar-refractivity contribution in [2.24, 2.45) is 5.10 Å². The molecule has 9 heteroatoms. The molecule has 0 aromatic heterocycles. The van der Waals surface area contributed by atoms with E-state index in [2.05, 4.69) is 21.2 Å². The smallest absolute Gasteiger partial charge is 0.408 e. The number of aliphatic carboxylic acids is 1. The Labute approximate surface area is 199 Å². The van der Waals surface area contributed by atoms with Gasteiger partial charge in [-0.2, -0.15) is 5.10 Å². The fourth-order valence-electron chi connectivity index (χ4n) is 3.21. The van der Waals surface area contributed by atoms with Gasteiger partial charge in [0.2, 0.25) is 0 Å². The number of carbonyl (C=O) groups is 3. The van der Waals surface area contributed by atoms with Crippen LogP contribution in [0.4, 0.5) is 9.59 Å². The summed E-state index contributed by atoms with van der Waals surface area (Å²) in [5, 5.41) is 18.8. The molecule has 2 rings (SSSR count). The zero-order valence-electron chi connectivity index (χ0n) is 19.9. The van der Waals surface area contributed by atoms with Crippen LogP contribution < -0.4 is 16.1 Å². The lowest BCUT2D eigenvalue weighted by Gasteiger charge is -2.23. The standard InChI is InChI=1S/C25H32N4O5/c1-5-12-19(26-24(33)34-25(2,3)4)21(22(30)31)28-29-23(32)27-20(17-13-8-6-9-14-17)18-15-10-7-11-16-18/h6-11,13-16,19-20H,5,12H2,1-4H3,(H,26,33)(H,30,31)(H2,27,29,32). The number of hydrogen-bond donors (Lipinski definition) is 4. The van der Waals surface area contributed by atoms with Crippen molar-refractivity contribution in [2.75, 3.05) is 0 Å². The number of ether oxygens (including phenoxy) is 1. The number of alkyl carbamates (subject to hydrolysis) is 1. The third kappa shape index (κ3) is 8.57. The Morgan fingerprint density at radius 1 is 0.941 bits per heavy atom. The molecule has 0 saturated carbocycles. The minimum absolute atomic E-state index is 0.296. The van der Waals surface area contributed by atoms with Crippen LogP contribution in [-0.4, -0.2) is 40.6 Å². The normalized spacial score (nSPS) is 12.6. The number of hydrogen-bond acceptors (Lipinski definition) is 5. The Morgan fingerprint density at radius 2 is 1.47 bits per heavy atom. The van der Waals surface area contributed by atoms with Gasteiger partial charge in [0, 0.05) is 0 Å². The molecule has 0 saturated heterocycles. The zero-order chi connectivity index (χ0) is 25.1. The quantitative estimate of drug-likeness (QED) is 0.324. The van der Waals surface area contributed by atoms with Crippen molar-refractivity contribution in [1.29, 1.82) is 0 Å². The largest absolute Gasteiger partial charge is 0.477 e. The van der Waals surface area contributed by atoms with E-state index < -0.39 is 41.5 Å². The molecule has 0 radical (unpaired) electrons. The van der Waals surface area contributed by atoms with E-state index in [1.54, 1.807) is 20.8 Å². The summed E-state index contributed by atoms with van der Waals surface area (Å²) in [5.41, 5.74) is 2.81. The van der Waals surface area contributed by atoms with Gasteiger partial charge in [0.1, 0.15) is 5.60 Å². The van der Waals surface area contributed by atoms with Crippen molar-refractivity contribution < 1.29 is 24.2 Å². The van der Waals surface area contributed by atoms with Crippen LogP contribution in [0.1, 0.15) is 57.7 Å². The van der Waals surface area contributed by atoms with E-state index in [0.717, 1.165) is 11.1 Å². The first-order valence-corrected chi connectivity index (χ1v) is 11.1. The van der Waals surface area contributed by atoms with Crippen LogP contribution >= 0.6 is 0 Å². The molecule has 1 atom stereocenters. The molecular weight excluding hydrogens is 436 g/mol. The first kappa shape index (κ1) is 26.4. The Hall–Kier alpha value is -3.88. The molecule has 4 N–H and O–H groups in total. The van der Waals surface area contributed by atoms with Crippen LogP contribution in [-0.2, 0) is 9.53 Å². The second-order valence-electron chi connectivity index (χ2n) is 8.63. The number of rotatable bonds is 9. The summed E-state index contributed by atoms with van der Waals surface area (Å²) in [4.78, 5) is 36.7. The molecule has 2 aromatic carbocycles. The zero-order valence-corrected chi connectivity index (χ0v) is 19.9. The van der Waals surface area contributed by atoms with E-state index in [1.807, 2.05) is 67.6 Å². The second kappa shape index (κ2) is 12.4. The number of amides is 3. The molecule has 0 heterocycles. The minimum atomic E-state index is -1.36. The molecule has 0 fully saturated rings. The molecule has 0 bridgehead atoms. The van der Waals surface area contributed by atoms with Gasteiger partial charge in [-0.25, -0.2) is 19.8 Å². The van der Waals surface area contributed by atoms with Gasteiger partial charge in [0.25, 0.3) is 0 Å². The third-order valence-electron chi connectivity index (χ3n) is 4.64. The van der Waals surface area contributed by atoms with E-state index in [-0.39, 0.29) is 0 Å². The van der Waals surface area contributed by atoms with Gasteiger partial charge < -0.3 is 20.5 Å². The first-order chi connectivity index (χ1) is 16.1. The van der Waals surface area contributed by atoms with Gasteiger partial charge in [-0.15, -0.1) is 0 Å². The summed E-state index contributed by atoms with van der Waals surface area (Å²) in [7, 11) is 0. The fourth-order valence-corrected chi connectivity index (χ4v) is 3.21. The van der Waals surface area contributed by atoms with Crippen LogP contribution in [0.3, 0.4) is 0 Å². The van der Waals surface area contributed by atoms with Gasteiger partial charge in [-0.3, -0.25) is 0 Å². The predicted molar refractivity (Wildman–Crippen MR) is 130 cm³/mol. The van der Waals surface area contributed by atoms with Crippen molar-refractivity contribution >= 4 is 23.8 Å². The molecule has 0 aliphatic rings. The molecular formula is C25H32N4O5. The molecule has 182 valence electrons. The maximum atomic E-state index is 12.7. The number of carbonyl (C=O) groups excluding carboxylic acids is 2. The molecule has 0 aliphatic carbocycles. The number of hydrazone groups is 1. The number of carboxylic acids is 1. The van der Waals surface area contributed by atoms with Crippen LogP contribution in [0.2, 0.25) is 0 Å². The summed E-state index contributed by atoms with van der Waals surface area (Å²) in [6, 6.07) is 16.6. The molecule has 1 unspecified atom stereocenters. The number of carboxylic acid groups (broad SMARTS) is 1. The van der Waals surface area contributed by atoms with Crippen molar-refractivity contribution in [3.63, 3.8) is 0 Å². The van der Waals surface area contributed by atoms with E-state index in [4.69, 9.17) is 4.74 Å². The average molecular weight is 469 g/mol. The monoisotopic (exact) mass is 468 g/mol. The number of nitrogens with zero attached hydrogens (tertiary/aromatic N) is 1. The number of benzene rings is 2. The van der Waals surface area contributed by atoms with Gasteiger partial charge in [0.05, 0.1) is 12.1 Å². The van der Waals surface area contributed by atoms with Gasteiger partial charge in [0.15, 0.2) is 5.71 Å². The molecule has 2 aromatic rings. The Kier molecular flexibility index (Phi) is 9.61. The van der Waals surface area contributed by atoms with Gasteiger partial charge in [-0.1, -0.05) is 74.0 Å². The summed E-state index contributed by atoms with van der Waals surface area (Å²) in [6.45, 7) is 6.95. The van der Waals surface area contributed by atoms with Crippen LogP contribution in [0.15, 0.2) is 65.8 Å².